The number of aryl methyl sites for hydroxylation is 1. The highest BCUT2D eigenvalue weighted by molar-refractivity contribution is 7.92. The lowest BCUT2D eigenvalue weighted by molar-refractivity contribution is -0.122. The molecular formula is C21H28N2O5S. The third-order valence-electron chi connectivity index (χ3n) is 4.33. The van der Waals surface area contributed by atoms with Gasteiger partial charge in [0.2, 0.25) is 15.9 Å². The zero-order valence-electron chi connectivity index (χ0n) is 17.4. The third kappa shape index (κ3) is 6.39. The maximum Gasteiger partial charge on any atom is 0.243 e. The second kappa shape index (κ2) is 9.65. The molecule has 2 aromatic carbocycles. The van der Waals surface area contributed by atoms with Crippen LogP contribution in [0.2, 0.25) is 0 Å². The Morgan fingerprint density at radius 2 is 1.59 bits per heavy atom. The van der Waals surface area contributed by atoms with Crippen molar-refractivity contribution in [3.05, 3.63) is 54.1 Å². The van der Waals surface area contributed by atoms with Crippen LogP contribution >= 0.6 is 0 Å². The molecule has 0 fully saturated rings. The van der Waals surface area contributed by atoms with E-state index in [0.717, 1.165) is 16.1 Å². The minimum atomic E-state index is -3.68. The van der Waals surface area contributed by atoms with E-state index < -0.39 is 22.0 Å². The summed E-state index contributed by atoms with van der Waals surface area (Å²) in [7, 11) is -2.15. The molecule has 0 bridgehead atoms. The van der Waals surface area contributed by atoms with E-state index in [1.807, 2.05) is 31.2 Å². The van der Waals surface area contributed by atoms with Gasteiger partial charge in [0.15, 0.2) is 0 Å². The highest BCUT2D eigenvalue weighted by atomic mass is 32.2. The second-order valence-corrected chi connectivity index (χ2v) is 8.83. The molecule has 0 aliphatic rings. The topological polar surface area (TPSA) is 84.9 Å². The minimum Gasteiger partial charge on any atom is -0.497 e. The Bertz CT molecular complexity index is 911. The van der Waals surface area contributed by atoms with Gasteiger partial charge >= 0.3 is 0 Å². The summed E-state index contributed by atoms with van der Waals surface area (Å²) < 4.78 is 36.6. The van der Waals surface area contributed by atoms with Gasteiger partial charge < -0.3 is 14.8 Å². The number of hydrogen-bond donors (Lipinski definition) is 1. The molecule has 2 rings (SSSR count). The average Bonchev–Trinajstić information content (AvgIpc) is 2.67. The van der Waals surface area contributed by atoms with Crippen LogP contribution in [0.15, 0.2) is 48.5 Å². The molecule has 158 valence electrons. The molecule has 0 aromatic heterocycles. The lowest BCUT2D eigenvalue weighted by atomic mass is 10.2. The molecule has 0 heterocycles. The van der Waals surface area contributed by atoms with Crippen LogP contribution in [-0.4, -0.2) is 46.4 Å². The molecule has 0 saturated heterocycles. The van der Waals surface area contributed by atoms with Gasteiger partial charge in [-0.2, -0.15) is 0 Å². The number of ether oxygens (including phenoxy) is 2. The van der Waals surface area contributed by atoms with Crippen molar-refractivity contribution in [3.8, 4) is 11.5 Å². The highest BCUT2D eigenvalue weighted by Gasteiger charge is 2.29. The highest BCUT2D eigenvalue weighted by Crippen LogP contribution is 2.24. The Hall–Kier alpha value is -2.74. The second-order valence-electron chi connectivity index (χ2n) is 6.97. The van der Waals surface area contributed by atoms with Crippen LogP contribution in [-0.2, 0) is 14.8 Å². The average molecular weight is 421 g/mol. The van der Waals surface area contributed by atoms with Crippen LogP contribution in [0.1, 0.15) is 19.4 Å². The molecule has 8 heteroatoms. The fourth-order valence-corrected chi connectivity index (χ4v) is 3.97. The van der Waals surface area contributed by atoms with Crippen LogP contribution in [0, 0.1) is 6.92 Å². The third-order valence-corrected chi connectivity index (χ3v) is 5.57. The minimum absolute atomic E-state index is 0.267. The van der Waals surface area contributed by atoms with E-state index in [0.29, 0.717) is 17.2 Å². The Labute approximate surface area is 172 Å². The van der Waals surface area contributed by atoms with E-state index in [-0.39, 0.29) is 12.6 Å². The first-order valence-corrected chi connectivity index (χ1v) is 11.1. The summed E-state index contributed by atoms with van der Waals surface area (Å²) in [5.41, 5.74) is 1.52. The van der Waals surface area contributed by atoms with Gasteiger partial charge in [-0.25, -0.2) is 8.42 Å². The van der Waals surface area contributed by atoms with Gasteiger partial charge in [0.25, 0.3) is 0 Å². The SMILES string of the molecule is COc1ccc(N([C@H](C)C(=O)N[C@@H](C)COc2ccc(C)cc2)S(C)(=O)=O)cc1. The van der Waals surface area contributed by atoms with Crippen molar-refractivity contribution in [2.45, 2.75) is 32.9 Å². The summed E-state index contributed by atoms with van der Waals surface area (Å²) in [4.78, 5) is 12.7. The predicted molar refractivity (Wildman–Crippen MR) is 114 cm³/mol. The zero-order chi connectivity index (χ0) is 21.6. The van der Waals surface area contributed by atoms with Gasteiger partial charge in [-0.05, 0) is 57.2 Å². The van der Waals surface area contributed by atoms with Gasteiger partial charge in [0, 0.05) is 0 Å². The summed E-state index contributed by atoms with van der Waals surface area (Å²) in [5, 5.41) is 2.81. The first-order chi connectivity index (χ1) is 13.6. The molecule has 0 spiro atoms. The summed E-state index contributed by atoms with van der Waals surface area (Å²) in [6, 6.07) is 12.9. The number of benzene rings is 2. The molecule has 2 aromatic rings. The van der Waals surface area contributed by atoms with Gasteiger partial charge in [-0.15, -0.1) is 0 Å². The Balaban J connectivity index is 2.04. The lowest BCUT2D eigenvalue weighted by Gasteiger charge is -2.29. The maximum absolute atomic E-state index is 12.7. The van der Waals surface area contributed by atoms with Crippen molar-refractivity contribution in [2.75, 3.05) is 24.3 Å². The molecule has 1 N–H and O–H groups in total. The number of amides is 1. The molecule has 29 heavy (non-hydrogen) atoms. The molecule has 0 unspecified atom stereocenters. The number of rotatable bonds is 9. The Kier molecular flexibility index (Phi) is 7.50. The zero-order valence-corrected chi connectivity index (χ0v) is 18.2. The first kappa shape index (κ1) is 22.5. The van der Waals surface area contributed by atoms with Crippen LogP contribution in [0.5, 0.6) is 11.5 Å². The largest absolute Gasteiger partial charge is 0.497 e. The van der Waals surface area contributed by atoms with Crippen molar-refractivity contribution in [1.82, 2.24) is 5.32 Å². The van der Waals surface area contributed by atoms with E-state index in [9.17, 15) is 13.2 Å². The molecule has 1 amide bonds. The molecule has 0 radical (unpaired) electrons. The number of nitrogens with one attached hydrogen (secondary N) is 1. The number of anilines is 1. The molecule has 0 aliphatic carbocycles. The Morgan fingerprint density at radius 3 is 2.10 bits per heavy atom. The summed E-state index contributed by atoms with van der Waals surface area (Å²) in [6.45, 7) is 5.61. The van der Waals surface area contributed by atoms with Crippen molar-refractivity contribution >= 4 is 21.6 Å². The number of methoxy groups -OCH3 is 1. The smallest absolute Gasteiger partial charge is 0.243 e. The fraction of sp³-hybridized carbons (Fsp3) is 0.381. The first-order valence-electron chi connectivity index (χ1n) is 9.25. The Morgan fingerprint density at radius 1 is 1.03 bits per heavy atom. The normalized spacial score (nSPS) is 13.3. The predicted octanol–water partition coefficient (Wildman–Crippen LogP) is 2.74. The van der Waals surface area contributed by atoms with E-state index in [1.54, 1.807) is 38.1 Å². The number of nitrogens with zero attached hydrogens (tertiary/aromatic N) is 1. The standard InChI is InChI=1S/C21H28N2O5S/c1-15-6-10-20(11-7-15)28-14-16(2)22-21(24)17(3)23(29(5,25)26)18-8-12-19(27-4)13-9-18/h6-13,16-17H,14H2,1-5H3,(H,22,24)/t16-,17+/m0/s1. The van der Waals surface area contributed by atoms with Crippen molar-refractivity contribution < 1.29 is 22.7 Å². The molecule has 0 saturated carbocycles. The molecule has 0 aliphatic heterocycles. The number of carbonyl (C=O) groups is 1. The number of hydrogen-bond acceptors (Lipinski definition) is 5. The quantitative estimate of drug-likeness (QED) is 0.674. The summed E-state index contributed by atoms with van der Waals surface area (Å²) >= 11 is 0. The van der Waals surface area contributed by atoms with Gasteiger partial charge in [0.1, 0.15) is 24.1 Å². The van der Waals surface area contributed by atoms with Crippen LogP contribution in [0.3, 0.4) is 0 Å². The van der Waals surface area contributed by atoms with E-state index in [2.05, 4.69) is 5.32 Å². The van der Waals surface area contributed by atoms with Crippen LogP contribution < -0.4 is 19.1 Å². The van der Waals surface area contributed by atoms with Crippen molar-refractivity contribution in [2.24, 2.45) is 0 Å². The van der Waals surface area contributed by atoms with E-state index in [4.69, 9.17) is 9.47 Å². The monoisotopic (exact) mass is 420 g/mol. The summed E-state index contributed by atoms with van der Waals surface area (Å²) in [5.74, 6) is 0.896. The van der Waals surface area contributed by atoms with Gasteiger partial charge in [-0.1, -0.05) is 17.7 Å². The number of carbonyl (C=O) groups excluding carboxylic acids is 1. The molecule has 7 nitrogen and oxygen atoms in total. The fourth-order valence-electron chi connectivity index (χ4n) is 2.80. The van der Waals surface area contributed by atoms with Gasteiger partial charge in [0.05, 0.1) is 25.1 Å². The molecule has 2 atom stereocenters. The van der Waals surface area contributed by atoms with Crippen molar-refractivity contribution in [1.29, 1.82) is 0 Å². The van der Waals surface area contributed by atoms with Crippen molar-refractivity contribution in [3.63, 3.8) is 0 Å². The van der Waals surface area contributed by atoms with E-state index in [1.165, 1.54) is 7.11 Å². The maximum atomic E-state index is 12.7. The summed E-state index contributed by atoms with van der Waals surface area (Å²) in [6.07, 6.45) is 1.07. The van der Waals surface area contributed by atoms with Crippen LogP contribution in [0.25, 0.3) is 0 Å². The van der Waals surface area contributed by atoms with E-state index >= 15 is 0 Å². The molecular weight excluding hydrogens is 392 g/mol. The van der Waals surface area contributed by atoms with Crippen LogP contribution in [0.4, 0.5) is 5.69 Å². The lowest BCUT2D eigenvalue weighted by Crippen LogP contribution is -2.50. The van der Waals surface area contributed by atoms with Gasteiger partial charge in [-0.3, -0.25) is 9.10 Å². The number of sulfonamides is 1.